The van der Waals surface area contributed by atoms with Crippen LogP contribution in [0.3, 0.4) is 0 Å². The van der Waals surface area contributed by atoms with Crippen LogP contribution in [0, 0.1) is 0 Å². The average Bonchev–Trinajstić information content (AvgIpc) is 3.15. The third-order valence-corrected chi connectivity index (χ3v) is 6.22. The second-order valence-electron chi connectivity index (χ2n) is 7.11. The van der Waals surface area contributed by atoms with Gasteiger partial charge in [-0.1, -0.05) is 30.3 Å². The molecule has 0 saturated carbocycles. The quantitative estimate of drug-likeness (QED) is 0.438. The van der Waals surface area contributed by atoms with Gasteiger partial charge in [-0.2, -0.15) is 13.2 Å². The van der Waals surface area contributed by atoms with Gasteiger partial charge in [-0.3, -0.25) is 4.79 Å². The van der Waals surface area contributed by atoms with E-state index in [0.717, 1.165) is 28.3 Å². The van der Waals surface area contributed by atoms with E-state index in [9.17, 15) is 26.4 Å². The summed E-state index contributed by atoms with van der Waals surface area (Å²) in [6, 6.07) is 16.4. The van der Waals surface area contributed by atoms with Crippen molar-refractivity contribution in [3.63, 3.8) is 0 Å². The summed E-state index contributed by atoms with van der Waals surface area (Å²) in [5, 5.41) is 5.47. The SMILES string of the molecule is O=C(Cc1coc2ccc3ccccc3c12)Nc1ccc(S(=O)(=O)NCC(F)(F)F)cc1. The molecule has 2 N–H and O–H groups in total. The highest BCUT2D eigenvalue weighted by atomic mass is 32.2. The lowest BCUT2D eigenvalue weighted by Crippen LogP contribution is -2.33. The molecule has 166 valence electrons. The molecule has 1 heterocycles. The van der Waals surface area contributed by atoms with Crippen LogP contribution in [-0.2, 0) is 21.2 Å². The molecule has 0 aliphatic heterocycles. The van der Waals surface area contributed by atoms with Gasteiger partial charge >= 0.3 is 6.18 Å². The molecule has 1 aromatic heterocycles. The van der Waals surface area contributed by atoms with E-state index in [2.05, 4.69) is 5.32 Å². The number of rotatable bonds is 6. The number of nitrogens with one attached hydrogen (secondary N) is 2. The van der Waals surface area contributed by atoms with Gasteiger partial charge in [0, 0.05) is 16.6 Å². The van der Waals surface area contributed by atoms with Gasteiger partial charge in [0.15, 0.2) is 0 Å². The molecule has 0 bridgehead atoms. The third kappa shape index (κ3) is 4.76. The standard InChI is InChI=1S/C22H17F3N2O4S/c23-22(24,25)13-26-32(29,30)17-8-6-16(7-9-17)27-20(28)11-15-12-31-19-10-5-14-3-1-2-4-18(14)21(15)19/h1-10,12,26H,11,13H2,(H,27,28). The molecule has 32 heavy (non-hydrogen) atoms. The smallest absolute Gasteiger partial charge is 0.402 e. The van der Waals surface area contributed by atoms with Crippen molar-refractivity contribution in [3.8, 4) is 0 Å². The summed E-state index contributed by atoms with van der Waals surface area (Å²) in [5.74, 6) is -0.355. The molecule has 0 spiro atoms. The summed E-state index contributed by atoms with van der Waals surface area (Å²) < 4.78 is 67.8. The Morgan fingerprint density at radius 3 is 2.41 bits per heavy atom. The fourth-order valence-corrected chi connectivity index (χ4v) is 4.38. The summed E-state index contributed by atoms with van der Waals surface area (Å²) in [6.07, 6.45) is -3.11. The van der Waals surface area contributed by atoms with E-state index in [1.54, 1.807) is 0 Å². The molecule has 1 amide bonds. The minimum Gasteiger partial charge on any atom is -0.464 e. The number of sulfonamides is 1. The Morgan fingerprint density at radius 1 is 0.969 bits per heavy atom. The number of hydrogen-bond donors (Lipinski definition) is 2. The van der Waals surface area contributed by atoms with Crippen molar-refractivity contribution in [1.82, 2.24) is 4.72 Å². The van der Waals surface area contributed by atoms with Gasteiger partial charge in [0.1, 0.15) is 12.1 Å². The lowest BCUT2D eigenvalue weighted by molar-refractivity contribution is -0.121. The topological polar surface area (TPSA) is 88.4 Å². The first-order valence-corrected chi connectivity index (χ1v) is 10.9. The molecule has 0 radical (unpaired) electrons. The fourth-order valence-electron chi connectivity index (χ4n) is 3.36. The molecule has 0 unspecified atom stereocenters. The van der Waals surface area contributed by atoms with Gasteiger partial charge in [0.05, 0.1) is 17.6 Å². The second-order valence-corrected chi connectivity index (χ2v) is 8.88. The van der Waals surface area contributed by atoms with Crippen molar-refractivity contribution in [2.75, 3.05) is 11.9 Å². The Bertz CT molecular complexity index is 1390. The number of carbonyl (C=O) groups is 1. The predicted molar refractivity (Wildman–Crippen MR) is 114 cm³/mol. The van der Waals surface area contributed by atoms with Gasteiger partial charge in [-0.25, -0.2) is 13.1 Å². The monoisotopic (exact) mass is 462 g/mol. The lowest BCUT2D eigenvalue weighted by Gasteiger charge is -2.10. The van der Waals surface area contributed by atoms with E-state index in [1.807, 2.05) is 36.4 Å². The normalized spacial score (nSPS) is 12.3. The molecule has 0 atom stereocenters. The number of alkyl halides is 3. The maximum absolute atomic E-state index is 12.5. The molecule has 0 aliphatic rings. The number of anilines is 1. The Balaban J connectivity index is 1.48. The lowest BCUT2D eigenvalue weighted by atomic mass is 10.0. The average molecular weight is 462 g/mol. The van der Waals surface area contributed by atoms with Crippen LogP contribution in [-0.4, -0.2) is 27.0 Å². The zero-order valence-corrected chi connectivity index (χ0v) is 17.3. The van der Waals surface area contributed by atoms with E-state index >= 15 is 0 Å². The highest BCUT2D eigenvalue weighted by molar-refractivity contribution is 7.89. The van der Waals surface area contributed by atoms with E-state index < -0.39 is 22.7 Å². The first kappa shape index (κ1) is 21.8. The zero-order chi connectivity index (χ0) is 22.9. The summed E-state index contributed by atoms with van der Waals surface area (Å²) in [7, 11) is -4.32. The highest BCUT2D eigenvalue weighted by Gasteiger charge is 2.30. The van der Waals surface area contributed by atoms with Crippen molar-refractivity contribution in [3.05, 3.63) is 72.5 Å². The predicted octanol–water partition coefficient (Wildman–Crippen LogP) is 4.61. The van der Waals surface area contributed by atoms with Gasteiger partial charge in [-0.15, -0.1) is 0 Å². The summed E-state index contributed by atoms with van der Waals surface area (Å²) in [5.41, 5.74) is 1.67. The van der Waals surface area contributed by atoms with Crippen LogP contribution in [0.25, 0.3) is 21.7 Å². The molecule has 4 aromatic rings. The minimum absolute atomic E-state index is 0.0220. The van der Waals surface area contributed by atoms with E-state index in [1.165, 1.54) is 23.1 Å². The van der Waals surface area contributed by atoms with Gasteiger partial charge in [-0.05, 0) is 41.1 Å². The zero-order valence-electron chi connectivity index (χ0n) is 16.4. The number of amides is 1. The number of hydrogen-bond acceptors (Lipinski definition) is 4. The number of fused-ring (bicyclic) bond motifs is 3. The van der Waals surface area contributed by atoms with Crippen LogP contribution in [0.1, 0.15) is 5.56 Å². The number of carbonyl (C=O) groups excluding carboxylic acids is 1. The Hall–Kier alpha value is -3.37. The Kier molecular flexibility index (Phi) is 5.66. The van der Waals surface area contributed by atoms with Crippen LogP contribution in [0.2, 0.25) is 0 Å². The van der Waals surface area contributed by atoms with Crippen molar-refractivity contribution in [2.45, 2.75) is 17.5 Å². The molecule has 0 saturated heterocycles. The van der Waals surface area contributed by atoms with Crippen molar-refractivity contribution in [2.24, 2.45) is 0 Å². The van der Waals surface area contributed by atoms with Gasteiger partial charge < -0.3 is 9.73 Å². The maximum atomic E-state index is 12.5. The van der Waals surface area contributed by atoms with Crippen LogP contribution < -0.4 is 10.0 Å². The van der Waals surface area contributed by atoms with Crippen molar-refractivity contribution >= 4 is 43.4 Å². The molecule has 10 heteroatoms. The Labute approximate surface area is 181 Å². The van der Waals surface area contributed by atoms with Gasteiger partial charge in [0.2, 0.25) is 15.9 Å². The Morgan fingerprint density at radius 2 is 1.69 bits per heavy atom. The van der Waals surface area contributed by atoms with E-state index in [4.69, 9.17) is 4.42 Å². The fraction of sp³-hybridized carbons (Fsp3) is 0.136. The number of halogens is 3. The van der Waals surface area contributed by atoms with E-state index in [-0.39, 0.29) is 17.2 Å². The molecule has 6 nitrogen and oxygen atoms in total. The van der Waals surface area contributed by atoms with Crippen molar-refractivity contribution in [1.29, 1.82) is 0 Å². The maximum Gasteiger partial charge on any atom is 0.402 e. The molecular weight excluding hydrogens is 445 g/mol. The summed E-state index contributed by atoms with van der Waals surface area (Å²) in [6.45, 7) is -1.67. The van der Waals surface area contributed by atoms with Crippen molar-refractivity contribution < 1.29 is 30.8 Å². The van der Waals surface area contributed by atoms with Crippen LogP contribution >= 0.6 is 0 Å². The molecular formula is C22H17F3N2O4S. The molecule has 0 fully saturated rings. The third-order valence-electron chi connectivity index (χ3n) is 4.80. The van der Waals surface area contributed by atoms with Crippen LogP contribution in [0.15, 0.2) is 76.2 Å². The first-order chi connectivity index (χ1) is 15.1. The molecule has 0 aliphatic carbocycles. The summed E-state index contributed by atoms with van der Waals surface area (Å²) >= 11 is 0. The largest absolute Gasteiger partial charge is 0.464 e. The van der Waals surface area contributed by atoms with E-state index in [0.29, 0.717) is 16.8 Å². The molecule has 4 rings (SSSR count). The second kappa shape index (κ2) is 8.29. The van der Waals surface area contributed by atoms with Gasteiger partial charge in [0.25, 0.3) is 0 Å². The number of furan rings is 1. The van der Waals surface area contributed by atoms with Crippen LogP contribution in [0.4, 0.5) is 18.9 Å². The highest BCUT2D eigenvalue weighted by Crippen LogP contribution is 2.30. The van der Waals surface area contributed by atoms with Crippen LogP contribution in [0.5, 0.6) is 0 Å². The molecule has 3 aromatic carbocycles. The first-order valence-electron chi connectivity index (χ1n) is 9.46. The summed E-state index contributed by atoms with van der Waals surface area (Å²) in [4.78, 5) is 12.2. The number of benzene rings is 3. The minimum atomic E-state index is -4.66.